The van der Waals surface area contributed by atoms with Crippen molar-refractivity contribution in [1.29, 1.82) is 0 Å². The van der Waals surface area contributed by atoms with E-state index in [1.54, 1.807) is 0 Å². The molecule has 1 N–H and O–H groups in total. The summed E-state index contributed by atoms with van der Waals surface area (Å²) in [6.07, 6.45) is 2.06. The lowest BCUT2D eigenvalue weighted by molar-refractivity contribution is 0.442. The predicted molar refractivity (Wildman–Crippen MR) is 82.7 cm³/mol. The monoisotopic (exact) mass is 305 g/mol. The summed E-state index contributed by atoms with van der Waals surface area (Å²) in [5.74, 6) is 0.744. The quantitative estimate of drug-likeness (QED) is 0.679. The number of benzene rings is 1. The highest BCUT2D eigenvalue weighted by Crippen LogP contribution is 2.33. The summed E-state index contributed by atoms with van der Waals surface area (Å²) in [5, 5.41) is 4.05. The summed E-state index contributed by atoms with van der Waals surface area (Å²) in [7, 11) is 0. The second-order valence-corrected chi connectivity index (χ2v) is 6.66. The lowest BCUT2D eigenvalue weighted by Gasteiger charge is -2.24. The van der Waals surface area contributed by atoms with E-state index in [0.29, 0.717) is 33.6 Å². The summed E-state index contributed by atoms with van der Waals surface area (Å²) in [5.41, 5.74) is 0.635. The van der Waals surface area contributed by atoms with Gasteiger partial charge in [-0.3, -0.25) is 0 Å². The van der Waals surface area contributed by atoms with Gasteiger partial charge in [0.15, 0.2) is 0 Å². The van der Waals surface area contributed by atoms with Crippen molar-refractivity contribution in [3.63, 3.8) is 0 Å². The molecule has 1 rings (SSSR count). The van der Waals surface area contributed by atoms with E-state index in [2.05, 4.69) is 33.0 Å². The first-order valence-corrected chi connectivity index (χ1v) is 7.46. The molecule has 0 unspecified atom stereocenters. The minimum Gasteiger partial charge on any atom is -0.380 e. The normalized spacial score (nSPS) is 11.7. The first-order valence-electron chi connectivity index (χ1n) is 6.70. The summed E-state index contributed by atoms with van der Waals surface area (Å²) in [4.78, 5) is 0. The second kappa shape index (κ2) is 7.35. The van der Waals surface area contributed by atoms with Gasteiger partial charge in [-0.2, -0.15) is 0 Å². The number of halogens is 3. The zero-order chi connectivity index (χ0) is 14.6. The van der Waals surface area contributed by atoms with Gasteiger partial charge >= 0.3 is 0 Å². The van der Waals surface area contributed by atoms with E-state index in [4.69, 9.17) is 23.2 Å². The molecule has 0 aromatic heterocycles. The van der Waals surface area contributed by atoms with Gasteiger partial charge in [0.1, 0.15) is 5.82 Å². The SMILES string of the molecule is CC(C)CC(CC(C)C)Nc1c(Cl)cc(F)cc1Cl. The van der Waals surface area contributed by atoms with Crippen molar-refractivity contribution < 1.29 is 4.39 Å². The number of hydrogen-bond acceptors (Lipinski definition) is 1. The van der Waals surface area contributed by atoms with Gasteiger partial charge in [0.25, 0.3) is 0 Å². The smallest absolute Gasteiger partial charge is 0.126 e. The van der Waals surface area contributed by atoms with Gasteiger partial charge in [-0.05, 0) is 36.8 Å². The molecular weight excluding hydrogens is 284 g/mol. The molecule has 0 atom stereocenters. The van der Waals surface area contributed by atoms with Gasteiger partial charge in [-0.1, -0.05) is 50.9 Å². The predicted octanol–water partition coefficient (Wildman–Crippen LogP) is 6.01. The van der Waals surface area contributed by atoms with Crippen molar-refractivity contribution in [2.75, 3.05) is 5.32 Å². The van der Waals surface area contributed by atoms with Gasteiger partial charge in [-0.15, -0.1) is 0 Å². The Morgan fingerprint density at radius 1 is 1.00 bits per heavy atom. The molecule has 0 spiro atoms. The van der Waals surface area contributed by atoms with Crippen molar-refractivity contribution in [1.82, 2.24) is 0 Å². The topological polar surface area (TPSA) is 12.0 Å². The fourth-order valence-electron chi connectivity index (χ4n) is 2.24. The molecule has 0 radical (unpaired) electrons. The molecule has 1 aromatic rings. The lowest BCUT2D eigenvalue weighted by atomic mass is 9.95. The Balaban J connectivity index is 2.89. The highest BCUT2D eigenvalue weighted by Gasteiger charge is 2.16. The maximum Gasteiger partial charge on any atom is 0.126 e. The molecule has 0 aliphatic heterocycles. The van der Waals surface area contributed by atoms with E-state index in [-0.39, 0.29) is 0 Å². The number of hydrogen-bond donors (Lipinski definition) is 1. The third-order valence-electron chi connectivity index (χ3n) is 2.87. The highest BCUT2D eigenvalue weighted by atomic mass is 35.5. The maximum absolute atomic E-state index is 13.2. The Bertz CT molecular complexity index is 386. The Labute approximate surface area is 125 Å². The van der Waals surface area contributed by atoms with Crippen LogP contribution in [0.5, 0.6) is 0 Å². The van der Waals surface area contributed by atoms with Crippen LogP contribution in [-0.4, -0.2) is 6.04 Å². The zero-order valence-corrected chi connectivity index (χ0v) is 13.4. The minimum absolute atomic E-state index is 0.292. The lowest BCUT2D eigenvalue weighted by Crippen LogP contribution is -2.24. The third-order valence-corrected chi connectivity index (χ3v) is 3.46. The van der Waals surface area contributed by atoms with Crippen LogP contribution in [0, 0.1) is 17.7 Å². The molecule has 4 heteroatoms. The average molecular weight is 306 g/mol. The van der Waals surface area contributed by atoms with Crippen LogP contribution in [0.2, 0.25) is 10.0 Å². The molecule has 0 saturated carbocycles. The van der Waals surface area contributed by atoms with Crippen LogP contribution in [0.1, 0.15) is 40.5 Å². The molecule has 108 valence electrons. The Kier molecular flexibility index (Phi) is 6.41. The second-order valence-electron chi connectivity index (χ2n) is 5.84. The zero-order valence-electron chi connectivity index (χ0n) is 11.9. The van der Waals surface area contributed by atoms with Crippen LogP contribution in [-0.2, 0) is 0 Å². The van der Waals surface area contributed by atoms with Gasteiger partial charge in [0.2, 0.25) is 0 Å². The Hall–Kier alpha value is -0.470. The van der Waals surface area contributed by atoms with Crippen LogP contribution >= 0.6 is 23.2 Å². The average Bonchev–Trinajstić information content (AvgIpc) is 2.21. The molecule has 19 heavy (non-hydrogen) atoms. The molecule has 1 nitrogen and oxygen atoms in total. The molecule has 0 aliphatic rings. The Morgan fingerprint density at radius 2 is 1.42 bits per heavy atom. The van der Waals surface area contributed by atoms with Gasteiger partial charge in [0.05, 0.1) is 15.7 Å². The van der Waals surface area contributed by atoms with E-state index in [1.165, 1.54) is 12.1 Å². The third kappa shape index (κ3) is 5.58. The fourth-order valence-corrected chi connectivity index (χ4v) is 2.81. The maximum atomic E-state index is 13.2. The largest absolute Gasteiger partial charge is 0.380 e. The van der Waals surface area contributed by atoms with Gasteiger partial charge < -0.3 is 5.32 Å². The summed E-state index contributed by atoms with van der Waals surface area (Å²) in [6, 6.07) is 2.87. The van der Waals surface area contributed by atoms with Gasteiger partial charge in [0, 0.05) is 6.04 Å². The molecule has 0 bridgehead atoms. The molecule has 0 saturated heterocycles. The van der Waals surface area contributed by atoms with Crippen molar-refractivity contribution in [3.05, 3.63) is 28.0 Å². The molecule has 1 aromatic carbocycles. The summed E-state index contributed by atoms with van der Waals surface area (Å²) < 4.78 is 13.2. The molecule has 0 fully saturated rings. The van der Waals surface area contributed by atoms with Crippen molar-refractivity contribution in [2.45, 2.75) is 46.6 Å². The van der Waals surface area contributed by atoms with Crippen LogP contribution < -0.4 is 5.32 Å². The number of rotatable bonds is 6. The first kappa shape index (κ1) is 16.6. The number of nitrogens with one attached hydrogen (secondary N) is 1. The molecule has 0 aliphatic carbocycles. The van der Waals surface area contributed by atoms with Crippen LogP contribution in [0.4, 0.5) is 10.1 Å². The Morgan fingerprint density at radius 3 is 1.79 bits per heavy atom. The van der Waals surface area contributed by atoms with E-state index < -0.39 is 5.82 Å². The highest BCUT2D eigenvalue weighted by molar-refractivity contribution is 6.39. The van der Waals surface area contributed by atoms with E-state index >= 15 is 0 Å². The van der Waals surface area contributed by atoms with Crippen LogP contribution in [0.25, 0.3) is 0 Å². The van der Waals surface area contributed by atoms with E-state index in [1.807, 2.05) is 0 Å². The number of anilines is 1. The van der Waals surface area contributed by atoms with Gasteiger partial charge in [-0.25, -0.2) is 4.39 Å². The van der Waals surface area contributed by atoms with Crippen LogP contribution in [0.15, 0.2) is 12.1 Å². The van der Waals surface area contributed by atoms with Crippen LogP contribution in [0.3, 0.4) is 0 Å². The van der Waals surface area contributed by atoms with Crippen molar-refractivity contribution >= 4 is 28.9 Å². The van der Waals surface area contributed by atoms with E-state index in [9.17, 15) is 4.39 Å². The molecule has 0 heterocycles. The van der Waals surface area contributed by atoms with E-state index in [0.717, 1.165) is 12.8 Å². The fraction of sp³-hybridized carbons (Fsp3) is 0.600. The van der Waals surface area contributed by atoms with Crippen molar-refractivity contribution in [2.24, 2.45) is 11.8 Å². The summed E-state index contributed by atoms with van der Waals surface area (Å²) >= 11 is 12.1. The minimum atomic E-state index is -0.412. The van der Waals surface area contributed by atoms with Crippen molar-refractivity contribution in [3.8, 4) is 0 Å². The molecular formula is C15H22Cl2FN. The molecule has 0 amide bonds. The summed E-state index contributed by atoms with van der Waals surface area (Å²) in [6.45, 7) is 8.73. The first-order chi connectivity index (χ1) is 8.79. The standard InChI is InChI=1S/C15H22Cl2FN/c1-9(2)5-12(6-10(3)4)19-15-13(16)7-11(18)8-14(15)17/h7-10,12,19H,5-6H2,1-4H3.